The van der Waals surface area contributed by atoms with E-state index in [-0.39, 0.29) is 17.1 Å². The molecule has 0 saturated carbocycles. The third-order valence-corrected chi connectivity index (χ3v) is 6.21. The summed E-state index contributed by atoms with van der Waals surface area (Å²) in [5, 5.41) is 1.22. The highest BCUT2D eigenvalue weighted by Crippen LogP contribution is 2.40. The number of amides is 1. The zero-order valence-electron chi connectivity index (χ0n) is 17.6. The second-order valence-electron chi connectivity index (χ2n) is 7.73. The van der Waals surface area contributed by atoms with Gasteiger partial charge in [-0.15, -0.1) is 0 Å². The number of likely N-dealkylation sites (tertiary alicyclic amines) is 1. The molecule has 8 heteroatoms. The zero-order chi connectivity index (χ0) is 23.0. The van der Waals surface area contributed by atoms with Crippen molar-refractivity contribution < 1.29 is 23.9 Å². The van der Waals surface area contributed by atoms with Crippen molar-refractivity contribution in [2.45, 2.75) is 19.4 Å². The average Bonchev–Trinajstić information content (AvgIpc) is 3.30. The molecule has 1 aliphatic heterocycles. The molecule has 0 aliphatic carbocycles. The monoisotopic (exact) mass is 452 g/mol. The fraction of sp³-hybridized carbons (Fsp3) is 0.250. The van der Waals surface area contributed by atoms with Crippen molar-refractivity contribution in [2.75, 3.05) is 13.7 Å². The van der Waals surface area contributed by atoms with Gasteiger partial charge in [0.05, 0.1) is 18.7 Å². The lowest BCUT2D eigenvalue weighted by Gasteiger charge is -2.27. The second kappa shape index (κ2) is 8.59. The maximum atomic E-state index is 12.9. The van der Waals surface area contributed by atoms with Crippen molar-refractivity contribution in [3.63, 3.8) is 0 Å². The molecule has 1 aromatic heterocycles. The number of ketones is 2. The number of H-pyrrole nitrogens is 1. The summed E-state index contributed by atoms with van der Waals surface area (Å²) in [6, 6.07) is 11.5. The van der Waals surface area contributed by atoms with Gasteiger partial charge in [-0.25, -0.2) is 4.79 Å². The van der Waals surface area contributed by atoms with E-state index in [0.717, 1.165) is 16.5 Å². The van der Waals surface area contributed by atoms with Crippen LogP contribution in [0, 0.1) is 5.92 Å². The fourth-order valence-electron chi connectivity index (χ4n) is 4.31. The molecule has 2 heterocycles. The number of esters is 1. The molecular weight excluding hydrogens is 432 g/mol. The number of hydrogen-bond donors (Lipinski definition) is 1. The highest BCUT2D eigenvalue weighted by atomic mass is 35.5. The predicted molar refractivity (Wildman–Crippen MR) is 118 cm³/mol. The highest BCUT2D eigenvalue weighted by Gasteiger charge is 2.50. The molecule has 1 aliphatic rings. The van der Waals surface area contributed by atoms with E-state index < -0.39 is 35.4 Å². The Bertz CT molecular complexity index is 1250. The number of rotatable bonds is 6. The summed E-state index contributed by atoms with van der Waals surface area (Å²) in [4.78, 5) is 54.4. The summed E-state index contributed by atoms with van der Waals surface area (Å²) in [5.74, 6) is -3.56. The molecule has 32 heavy (non-hydrogen) atoms. The zero-order valence-corrected chi connectivity index (χ0v) is 18.3. The minimum atomic E-state index is -1.15. The second-order valence-corrected chi connectivity index (χ2v) is 8.14. The van der Waals surface area contributed by atoms with Crippen LogP contribution in [0.2, 0.25) is 5.02 Å². The molecular formula is C24H21ClN2O5. The smallest absolute Gasteiger partial charge is 0.337 e. The standard InChI is InChI=1S/C24H21ClN2O5/c1-13(28)20-21(17-8-7-14(11-18(17)25)24(31)32-2)27(23(30)22(20)29)10-9-15-12-26-19-6-4-3-5-16(15)19/h3-8,11-12,20-21,26H,9-10H2,1-2H3. The first-order chi connectivity index (χ1) is 15.3. The topological polar surface area (TPSA) is 96.5 Å². The summed E-state index contributed by atoms with van der Waals surface area (Å²) in [5.41, 5.74) is 2.66. The average molecular weight is 453 g/mol. The highest BCUT2D eigenvalue weighted by molar-refractivity contribution is 6.43. The number of benzene rings is 2. The summed E-state index contributed by atoms with van der Waals surface area (Å²) in [6.45, 7) is 1.53. The van der Waals surface area contributed by atoms with E-state index in [1.165, 1.54) is 31.1 Å². The van der Waals surface area contributed by atoms with Crippen molar-refractivity contribution in [2.24, 2.45) is 5.92 Å². The van der Waals surface area contributed by atoms with Gasteiger partial charge in [-0.1, -0.05) is 35.9 Å². The van der Waals surface area contributed by atoms with E-state index >= 15 is 0 Å². The Morgan fingerprint density at radius 2 is 1.91 bits per heavy atom. The lowest BCUT2D eigenvalue weighted by molar-refractivity contribution is -0.142. The molecule has 164 valence electrons. The fourth-order valence-corrected chi connectivity index (χ4v) is 4.60. The van der Waals surface area contributed by atoms with E-state index in [1.807, 2.05) is 30.5 Å². The third-order valence-electron chi connectivity index (χ3n) is 5.88. The van der Waals surface area contributed by atoms with E-state index in [0.29, 0.717) is 12.0 Å². The number of aromatic amines is 1. The first-order valence-electron chi connectivity index (χ1n) is 10.1. The van der Waals surface area contributed by atoms with Gasteiger partial charge in [0, 0.05) is 28.7 Å². The van der Waals surface area contributed by atoms with Gasteiger partial charge in [-0.3, -0.25) is 14.4 Å². The molecule has 4 rings (SSSR count). The lowest BCUT2D eigenvalue weighted by Crippen LogP contribution is -2.32. The van der Waals surface area contributed by atoms with Crippen LogP contribution in [0.25, 0.3) is 10.9 Å². The Morgan fingerprint density at radius 3 is 2.59 bits per heavy atom. The van der Waals surface area contributed by atoms with Crippen LogP contribution in [-0.2, 0) is 25.5 Å². The Labute approximate surface area is 189 Å². The quantitative estimate of drug-likeness (QED) is 0.350. The van der Waals surface area contributed by atoms with E-state index in [1.54, 1.807) is 6.07 Å². The van der Waals surface area contributed by atoms with E-state index in [4.69, 9.17) is 16.3 Å². The number of aromatic nitrogens is 1. The van der Waals surface area contributed by atoms with Gasteiger partial charge < -0.3 is 14.6 Å². The van der Waals surface area contributed by atoms with Crippen molar-refractivity contribution >= 4 is 45.9 Å². The number of fused-ring (bicyclic) bond motifs is 1. The number of methoxy groups -OCH3 is 1. The molecule has 7 nitrogen and oxygen atoms in total. The van der Waals surface area contributed by atoms with Gasteiger partial charge in [0.2, 0.25) is 5.78 Å². The first kappa shape index (κ1) is 21.8. The number of halogens is 1. The summed E-state index contributed by atoms with van der Waals surface area (Å²) < 4.78 is 4.71. The van der Waals surface area contributed by atoms with Crippen LogP contribution < -0.4 is 0 Å². The van der Waals surface area contributed by atoms with E-state index in [2.05, 4.69) is 4.98 Å². The van der Waals surface area contributed by atoms with Crippen molar-refractivity contribution in [1.29, 1.82) is 0 Å². The van der Waals surface area contributed by atoms with Gasteiger partial charge in [-0.05, 0) is 42.7 Å². The number of ether oxygens (including phenoxy) is 1. The maximum absolute atomic E-state index is 12.9. The van der Waals surface area contributed by atoms with Crippen molar-refractivity contribution in [3.8, 4) is 0 Å². The number of carbonyl (C=O) groups excluding carboxylic acids is 4. The van der Waals surface area contributed by atoms with Gasteiger partial charge >= 0.3 is 5.97 Å². The van der Waals surface area contributed by atoms with Crippen LogP contribution in [0.5, 0.6) is 0 Å². The minimum Gasteiger partial charge on any atom is -0.465 e. The lowest BCUT2D eigenvalue weighted by atomic mass is 9.89. The largest absolute Gasteiger partial charge is 0.465 e. The summed E-state index contributed by atoms with van der Waals surface area (Å²) >= 11 is 6.45. The molecule has 0 radical (unpaired) electrons. The molecule has 1 fully saturated rings. The van der Waals surface area contributed by atoms with Crippen LogP contribution >= 0.6 is 11.6 Å². The van der Waals surface area contributed by atoms with Crippen LogP contribution in [0.3, 0.4) is 0 Å². The third kappa shape index (κ3) is 3.69. The van der Waals surface area contributed by atoms with Gasteiger partial charge in [0.25, 0.3) is 5.91 Å². The van der Waals surface area contributed by atoms with E-state index in [9.17, 15) is 19.2 Å². The van der Waals surface area contributed by atoms with Gasteiger partial charge in [0.15, 0.2) is 0 Å². The number of Topliss-reactive ketones (excluding diaryl/α,β-unsaturated/α-hetero) is 2. The first-order valence-corrected chi connectivity index (χ1v) is 10.5. The van der Waals surface area contributed by atoms with Crippen LogP contribution in [0.1, 0.15) is 34.5 Å². The number of nitrogens with zero attached hydrogens (tertiary/aromatic N) is 1. The Balaban J connectivity index is 1.69. The Morgan fingerprint density at radius 1 is 1.16 bits per heavy atom. The number of hydrogen-bond acceptors (Lipinski definition) is 5. The predicted octanol–water partition coefficient (Wildman–Crippen LogP) is 3.51. The summed E-state index contributed by atoms with van der Waals surface area (Å²) in [7, 11) is 1.26. The van der Waals surface area contributed by atoms with Crippen LogP contribution in [0.15, 0.2) is 48.7 Å². The van der Waals surface area contributed by atoms with Gasteiger partial charge in [-0.2, -0.15) is 0 Å². The molecule has 2 unspecified atom stereocenters. The summed E-state index contributed by atoms with van der Waals surface area (Å²) in [6.07, 6.45) is 2.37. The van der Waals surface area contributed by atoms with Gasteiger partial charge in [0.1, 0.15) is 11.7 Å². The Hall–Kier alpha value is -3.45. The SMILES string of the molecule is COC(=O)c1ccc(C2C(C(C)=O)C(=O)C(=O)N2CCc2c[nH]c3ccccc23)c(Cl)c1. The van der Waals surface area contributed by atoms with Crippen LogP contribution in [-0.4, -0.2) is 47.0 Å². The molecule has 1 amide bonds. The molecule has 1 N–H and O–H groups in total. The number of carbonyl (C=O) groups is 4. The maximum Gasteiger partial charge on any atom is 0.337 e. The normalized spacial score (nSPS) is 18.4. The Kier molecular flexibility index (Phi) is 5.84. The number of nitrogens with one attached hydrogen (secondary N) is 1. The molecule has 1 saturated heterocycles. The molecule has 0 bridgehead atoms. The molecule has 0 spiro atoms. The molecule has 2 aromatic carbocycles. The molecule has 2 atom stereocenters. The van der Waals surface area contributed by atoms with Crippen LogP contribution in [0.4, 0.5) is 0 Å². The number of para-hydroxylation sites is 1. The molecule has 3 aromatic rings. The minimum absolute atomic E-state index is 0.184. The van der Waals surface area contributed by atoms with Crippen molar-refractivity contribution in [3.05, 3.63) is 70.4 Å². The van der Waals surface area contributed by atoms with Crippen molar-refractivity contribution in [1.82, 2.24) is 9.88 Å².